The molecule has 3 rings (SSSR count). The van der Waals surface area contributed by atoms with Gasteiger partial charge in [-0.25, -0.2) is 4.79 Å². The molecule has 6 unspecified atom stereocenters. The van der Waals surface area contributed by atoms with Gasteiger partial charge in [-0.3, -0.25) is 4.79 Å². The summed E-state index contributed by atoms with van der Waals surface area (Å²) in [5.41, 5.74) is -1.23. The number of rotatable bonds is 2. The van der Waals surface area contributed by atoms with E-state index < -0.39 is 53.8 Å². The Kier molecular flexibility index (Phi) is 4.01. The summed E-state index contributed by atoms with van der Waals surface area (Å²) >= 11 is 0. The zero-order valence-corrected chi connectivity index (χ0v) is 14.1. The molecule has 0 bridgehead atoms. The predicted octanol–water partition coefficient (Wildman–Crippen LogP) is 0.0643. The van der Waals surface area contributed by atoms with Crippen LogP contribution in [0.4, 0.5) is 0 Å². The van der Waals surface area contributed by atoms with Crippen LogP contribution in [0.2, 0.25) is 0 Å². The van der Waals surface area contributed by atoms with Crippen LogP contribution in [-0.2, 0) is 19.1 Å². The highest BCUT2D eigenvalue weighted by Crippen LogP contribution is 2.58. The number of fused-ring (bicyclic) bond motifs is 3. The lowest BCUT2D eigenvalue weighted by Crippen LogP contribution is -2.67. The normalized spacial score (nSPS) is 44.7. The summed E-state index contributed by atoms with van der Waals surface area (Å²) in [7, 11) is 0. The third-order valence-electron chi connectivity index (χ3n) is 6.10. The van der Waals surface area contributed by atoms with E-state index in [1.807, 2.05) is 6.92 Å². The van der Waals surface area contributed by atoms with Crippen molar-refractivity contribution in [2.75, 3.05) is 6.61 Å². The fourth-order valence-corrected chi connectivity index (χ4v) is 4.82. The molecule has 6 atom stereocenters. The van der Waals surface area contributed by atoms with Gasteiger partial charge in [0.1, 0.15) is 17.8 Å². The van der Waals surface area contributed by atoms with Crippen molar-refractivity contribution in [2.24, 2.45) is 11.3 Å². The van der Waals surface area contributed by atoms with Crippen molar-refractivity contribution in [1.82, 2.24) is 0 Å². The zero-order valence-electron chi connectivity index (χ0n) is 14.1. The second kappa shape index (κ2) is 5.54. The molecule has 2 fully saturated rings. The highest BCUT2D eigenvalue weighted by molar-refractivity contribution is 5.92. The molecular weight excluding hydrogens is 316 g/mol. The third-order valence-corrected chi connectivity index (χ3v) is 6.10. The van der Waals surface area contributed by atoms with Crippen LogP contribution in [0.15, 0.2) is 11.1 Å². The van der Waals surface area contributed by atoms with Crippen LogP contribution in [-0.4, -0.2) is 57.8 Å². The van der Waals surface area contributed by atoms with Crippen LogP contribution >= 0.6 is 0 Å². The molecule has 0 spiro atoms. The third kappa shape index (κ3) is 2.29. The highest BCUT2D eigenvalue weighted by Gasteiger charge is 2.65. The van der Waals surface area contributed by atoms with E-state index in [-0.39, 0.29) is 12.0 Å². The van der Waals surface area contributed by atoms with Crippen molar-refractivity contribution in [3.05, 3.63) is 11.1 Å². The number of aliphatic hydroxyl groups is 3. The lowest BCUT2D eigenvalue weighted by Gasteiger charge is -2.58. The molecule has 0 aromatic carbocycles. The summed E-state index contributed by atoms with van der Waals surface area (Å²) in [6, 6.07) is 0. The topological polar surface area (TPSA) is 113 Å². The minimum absolute atomic E-state index is 0.131. The van der Waals surface area contributed by atoms with Crippen molar-refractivity contribution in [3.63, 3.8) is 0 Å². The SMILES string of the molecule is CC(=O)OC1CC(O)C2(C)CCC3=C(CO)C(=O)OC3C2C1(C)O. The van der Waals surface area contributed by atoms with E-state index in [1.54, 1.807) is 6.92 Å². The van der Waals surface area contributed by atoms with Crippen LogP contribution in [0, 0.1) is 11.3 Å². The number of aliphatic hydroxyl groups excluding tert-OH is 2. The predicted molar refractivity (Wildman–Crippen MR) is 81.6 cm³/mol. The Bertz CT molecular complexity index is 608. The molecule has 3 N–H and O–H groups in total. The second-order valence-electron chi connectivity index (χ2n) is 7.55. The summed E-state index contributed by atoms with van der Waals surface area (Å²) < 4.78 is 10.7. The van der Waals surface area contributed by atoms with Gasteiger partial charge in [-0.05, 0) is 25.3 Å². The van der Waals surface area contributed by atoms with Crippen molar-refractivity contribution in [2.45, 2.75) is 63.9 Å². The fraction of sp³-hybridized carbons (Fsp3) is 0.765. The van der Waals surface area contributed by atoms with Gasteiger partial charge >= 0.3 is 11.9 Å². The van der Waals surface area contributed by atoms with E-state index in [0.29, 0.717) is 18.4 Å². The molecule has 24 heavy (non-hydrogen) atoms. The number of ether oxygens (including phenoxy) is 2. The van der Waals surface area contributed by atoms with Crippen molar-refractivity contribution in [1.29, 1.82) is 0 Å². The molecule has 0 aromatic heterocycles. The minimum Gasteiger partial charge on any atom is -0.459 e. The molecule has 3 aliphatic rings. The molecule has 7 heteroatoms. The lowest BCUT2D eigenvalue weighted by atomic mass is 9.51. The van der Waals surface area contributed by atoms with Gasteiger partial charge in [0.2, 0.25) is 0 Å². The molecule has 0 amide bonds. The number of carbonyl (C=O) groups excluding carboxylic acids is 2. The van der Waals surface area contributed by atoms with Gasteiger partial charge in [-0.1, -0.05) is 6.92 Å². The Balaban J connectivity index is 2.05. The number of hydrogen-bond donors (Lipinski definition) is 3. The van der Waals surface area contributed by atoms with Crippen LogP contribution < -0.4 is 0 Å². The first-order valence-corrected chi connectivity index (χ1v) is 8.24. The van der Waals surface area contributed by atoms with Gasteiger partial charge in [0.15, 0.2) is 0 Å². The highest BCUT2D eigenvalue weighted by atomic mass is 16.6. The average molecular weight is 340 g/mol. The summed E-state index contributed by atoms with van der Waals surface area (Å²) in [6.07, 6.45) is -1.21. The molecule has 2 saturated carbocycles. The molecule has 0 saturated heterocycles. The Morgan fingerprint density at radius 2 is 2.08 bits per heavy atom. The van der Waals surface area contributed by atoms with Gasteiger partial charge in [0, 0.05) is 24.7 Å². The van der Waals surface area contributed by atoms with E-state index in [2.05, 4.69) is 0 Å². The Hall–Kier alpha value is -1.44. The number of esters is 2. The standard InChI is InChI=1S/C17H24O7/c1-8(19)23-12-6-11(20)16(2)5-4-9-10(7-18)15(21)24-13(9)14(16)17(12,3)22/h11-14,18,20,22H,4-7H2,1-3H3. The van der Waals surface area contributed by atoms with Gasteiger partial charge in [-0.15, -0.1) is 0 Å². The van der Waals surface area contributed by atoms with E-state index in [4.69, 9.17) is 9.47 Å². The second-order valence-corrected chi connectivity index (χ2v) is 7.55. The summed E-state index contributed by atoms with van der Waals surface area (Å²) in [4.78, 5) is 23.4. The van der Waals surface area contributed by atoms with Crippen LogP contribution in [0.3, 0.4) is 0 Å². The molecule has 7 nitrogen and oxygen atoms in total. The molecule has 0 aromatic rings. The van der Waals surface area contributed by atoms with Crippen LogP contribution in [0.5, 0.6) is 0 Å². The minimum atomic E-state index is -1.47. The van der Waals surface area contributed by atoms with Gasteiger partial charge in [0.05, 0.1) is 18.3 Å². The molecule has 134 valence electrons. The van der Waals surface area contributed by atoms with Crippen molar-refractivity contribution < 1.29 is 34.4 Å². The van der Waals surface area contributed by atoms with Crippen LogP contribution in [0.25, 0.3) is 0 Å². The first kappa shape index (κ1) is 17.4. The van der Waals surface area contributed by atoms with Crippen molar-refractivity contribution >= 4 is 11.9 Å². The molecule has 0 radical (unpaired) electrons. The largest absolute Gasteiger partial charge is 0.459 e. The first-order valence-electron chi connectivity index (χ1n) is 8.24. The molecule has 1 aliphatic heterocycles. The van der Waals surface area contributed by atoms with E-state index >= 15 is 0 Å². The molecular formula is C17H24O7. The Labute approximate surface area is 140 Å². The van der Waals surface area contributed by atoms with Crippen molar-refractivity contribution in [3.8, 4) is 0 Å². The zero-order chi connectivity index (χ0) is 17.9. The summed E-state index contributed by atoms with van der Waals surface area (Å²) in [5.74, 6) is -1.75. The van der Waals surface area contributed by atoms with E-state index in [9.17, 15) is 24.9 Å². The number of hydrogen-bond acceptors (Lipinski definition) is 7. The van der Waals surface area contributed by atoms with E-state index in [0.717, 1.165) is 0 Å². The molecule has 2 aliphatic carbocycles. The summed E-state index contributed by atoms with van der Waals surface area (Å²) in [5, 5.41) is 31.3. The maximum Gasteiger partial charge on any atom is 0.337 e. The van der Waals surface area contributed by atoms with Gasteiger partial charge in [0.25, 0.3) is 0 Å². The average Bonchev–Trinajstić information content (AvgIpc) is 2.79. The number of carbonyl (C=O) groups is 2. The Morgan fingerprint density at radius 1 is 1.42 bits per heavy atom. The Morgan fingerprint density at radius 3 is 2.67 bits per heavy atom. The lowest BCUT2D eigenvalue weighted by molar-refractivity contribution is -0.244. The smallest absolute Gasteiger partial charge is 0.337 e. The first-order chi connectivity index (χ1) is 11.1. The maximum atomic E-state index is 12.0. The fourth-order valence-electron chi connectivity index (χ4n) is 4.82. The van der Waals surface area contributed by atoms with E-state index in [1.165, 1.54) is 6.92 Å². The van der Waals surface area contributed by atoms with Crippen LogP contribution in [0.1, 0.15) is 40.0 Å². The summed E-state index contributed by atoms with van der Waals surface area (Å²) in [6.45, 7) is 4.26. The van der Waals surface area contributed by atoms with Gasteiger partial charge < -0.3 is 24.8 Å². The monoisotopic (exact) mass is 340 g/mol. The maximum absolute atomic E-state index is 12.0. The van der Waals surface area contributed by atoms with Gasteiger partial charge in [-0.2, -0.15) is 0 Å². The molecule has 1 heterocycles. The quantitative estimate of drug-likeness (QED) is 0.609.